The Morgan fingerprint density at radius 1 is 1.40 bits per heavy atom. The third-order valence-corrected chi connectivity index (χ3v) is 0. The van der Waals surface area contributed by atoms with Crippen molar-refractivity contribution in [2.45, 2.75) is 0 Å². The van der Waals surface area contributed by atoms with Gasteiger partial charge in [0.2, 0.25) is 0 Å². The van der Waals surface area contributed by atoms with Crippen LogP contribution < -0.4 is 0 Å². The summed E-state index contributed by atoms with van der Waals surface area (Å²) in [5, 5.41) is 0. The molecule has 0 N–H and O–H groups in total. The summed E-state index contributed by atoms with van der Waals surface area (Å²) in [4.78, 5) is 0. The van der Waals surface area contributed by atoms with Gasteiger partial charge in [-0.2, -0.15) is 0 Å². The fourth-order valence-corrected chi connectivity index (χ4v) is 0. The van der Waals surface area contributed by atoms with Crippen LogP contribution in [0.4, 0.5) is 0 Å². The molecule has 0 aromatic carbocycles. The van der Waals surface area contributed by atoms with E-state index in [-0.39, 0.29) is 29.6 Å². The molecule has 0 atom stereocenters. The van der Waals surface area contributed by atoms with Crippen LogP contribution in [0, 0.1) is 0 Å². The number of halogens is 2. The van der Waals surface area contributed by atoms with Crippen LogP contribution in [0.5, 0.6) is 0 Å². The van der Waals surface area contributed by atoms with E-state index in [1.807, 2.05) is 0 Å². The van der Waals surface area contributed by atoms with Crippen molar-refractivity contribution in [3.05, 3.63) is 0 Å². The van der Waals surface area contributed by atoms with E-state index in [0.29, 0.717) is 0 Å². The van der Waals surface area contributed by atoms with Gasteiger partial charge in [-0.3, -0.25) is 0 Å². The van der Waals surface area contributed by atoms with E-state index in [0.717, 1.165) is 0 Å². The van der Waals surface area contributed by atoms with Crippen molar-refractivity contribution in [3.63, 3.8) is 0 Å². The van der Waals surface area contributed by atoms with E-state index in [1.54, 1.807) is 0 Å². The Hall–Kier alpha value is 1.89. The monoisotopic (exact) mass is 141 g/mol. The molecule has 0 fully saturated rings. The first kappa shape index (κ1) is 10.00. The van der Waals surface area contributed by atoms with Crippen LogP contribution in [-0.4, -0.2) is 34.1 Å². The maximum atomic E-state index is 9.09. The van der Waals surface area contributed by atoms with Gasteiger partial charge < -0.3 is 4.55 Å². The van der Waals surface area contributed by atoms with Gasteiger partial charge in [0.05, 0.1) is 0 Å². The molecule has 0 aromatic heterocycles. The van der Waals surface area contributed by atoms with Gasteiger partial charge in [-0.1, -0.05) is 0 Å². The Labute approximate surface area is 64.5 Å². The molecular formula is Cl2NaOS. The summed E-state index contributed by atoms with van der Waals surface area (Å²) in [6.45, 7) is 0. The second-order valence-electron chi connectivity index (χ2n) is 0.184. The summed E-state index contributed by atoms with van der Waals surface area (Å²) >= 11 is 0. The van der Waals surface area contributed by atoms with Gasteiger partial charge in [-0.05, 0) is 0 Å². The van der Waals surface area contributed by atoms with Gasteiger partial charge in [0.25, 0.3) is 0 Å². The van der Waals surface area contributed by atoms with Gasteiger partial charge in [0.1, 0.15) is 0 Å². The predicted molar refractivity (Wildman–Crippen MR) is 25.6 cm³/mol. The van der Waals surface area contributed by atoms with Crippen molar-refractivity contribution in [3.8, 4) is 0 Å². The smallest absolute Gasteiger partial charge is 0.198 e. The maximum Gasteiger partial charge on any atom is 0.198 e. The molecule has 0 saturated carbocycles. The summed E-state index contributed by atoms with van der Waals surface area (Å²) < 4.78 is 9.09. The zero-order valence-electron chi connectivity index (χ0n) is 2.57. The molecule has 0 aliphatic carbocycles. The van der Waals surface area contributed by atoms with Crippen LogP contribution in [0.2, 0.25) is 0 Å². The summed E-state index contributed by atoms with van der Waals surface area (Å²) in [5.74, 6) is 0. The molecule has 1 radical (unpaired) electrons. The molecule has 0 unspecified atom stereocenters. The normalized spacial score (nSPS) is 7.20. The quantitative estimate of drug-likeness (QED) is 0.360. The van der Waals surface area contributed by atoms with Crippen molar-refractivity contribution < 1.29 is 4.55 Å². The summed E-state index contributed by atoms with van der Waals surface area (Å²) in [7, 11) is 7.36. The third-order valence-electron chi connectivity index (χ3n) is 0. The molecule has 0 aromatic rings. The van der Waals surface area contributed by atoms with E-state index < -0.39 is 9.60 Å². The van der Waals surface area contributed by atoms with Crippen LogP contribution in [0.15, 0.2) is 0 Å². The Bertz CT molecular complexity index is 14.4. The molecular weight excluding hydrogens is 142 g/mol. The molecule has 0 aliphatic heterocycles. The molecule has 0 bridgehead atoms. The van der Waals surface area contributed by atoms with Crippen molar-refractivity contribution in [1.82, 2.24) is 0 Å². The number of rotatable bonds is 0. The predicted octanol–water partition coefficient (Wildman–Crippen LogP) is 0.662. The third kappa shape index (κ3) is 25.0. The van der Waals surface area contributed by atoms with Crippen LogP contribution in [-0.2, 0) is 9.60 Å². The standard InChI is InChI=1S/Cl2OS.Na/c1-4(2)3;. The van der Waals surface area contributed by atoms with E-state index in [2.05, 4.69) is 21.4 Å². The average molecular weight is 142 g/mol. The van der Waals surface area contributed by atoms with Crippen LogP contribution >= 0.6 is 21.4 Å². The van der Waals surface area contributed by atoms with E-state index in [1.165, 1.54) is 0 Å². The van der Waals surface area contributed by atoms with Gasteiger partial charge in [0, 0.05) is 29.6 Å². The SMILES string of the molecule is [Na].[O-][S+](Cl)Cl. The van der Waals surface area contributed by atoms with Crippen molar-refractivity contribution in [2.24, 2.45) is 0 Å². The van der Waals surface area contributed by atoms with Crippen molar-refractivity contribution in [2.75, 3.05) is 0 Å². The van der Waals surface area contributed by atoms with E-state index in [4.69, 9.17) is 4.55 Å². The molecule has 0 aliphatic rings. The Kier molecular flexibility index (Phi) is 11.8. The molecule has 0 spiro atoms. The van der Waals surface area contributed by atoms with Crippen molar-refractivity contribution >= 4 is 60.5 Å². The van der Waals surface area contributed by atoms with Gasteiger partial charge in [-0.25, -0.2) is 0 Å². The largest absolute Gasteiger partial charge is 0.582 e. The number of hydrogen-bond acceptors (Lipinski definition) is 1. The molecule has 5 heteroatoms. The maximum absolute atomic E-state index is 9.09. The first-order chi connectivity index (χ1) is 1.73. The second kappa shape index (κ2) is 5.89. The minimum atomic E-state index is -1.67. The molecule has 0 heterocycles. The average Bonchev–Trinajstić information content (AvgIpc) is 0.811. The van der Waals surface area contributed by atoms with Gasteiger partial charge in [-0.15, -0.1) is 0 Å². The first-order valence-corrected chi connectivity index (χ1v) is 3.28. The van der Waals surface area contributed by atoms with Crippen LogP contribution in [0.25, 0.3) is 0 Å². The fraction of sp³-hybridized carbons (Fsp3) is 0. The molecule has 0 saturated heterocycles. The zero-order chi connectivity index (χ0) is 3.58. The van der Waals surface area contributed by atoms with Gasteiger partial charge in [0.15, 0.2) is 31.0 Å². The van der Waals surface area contributed by atoms with Crippen LogP contribution in [0.1, 0.15) is 0 Å². The molecule has 27 valence electrons. The Morgan fingerprint density at radius 2 is 1.40 bits per heavy atom. The Balaban J connectivity index is 0. The first-order valence-electron chi connectivity index (χ1n) is 0.475. The number of hydrogen-bond donors (Lipinski definition) is 0. The van der Waals surface area contributed by atoms with Gasteiger partial charge >= 0.3 is 0 Å². The minimum absolute atomic E-state index is 0. The fourth-order valence-electron chi connectivity index (χ4n) is 0. The zero-order valence-corrected chi connectivity index (χ0v) is 6.90. The second-order valence-corrected chi connectivity index (χ2v) is 2.71. The summed E-state index contributed by atoms with van der Waals surface area (Å²) in [6.07, 6.45) is 0. The van der Waals surface area contributed by atoms with E-state index >= 15 is 0 Å². The van der Waals surface area contributed by atoms with Crippen molar-refractivity contribution in [1.29, 1.82) is 0 Å². The summed E-state index contributed by atoms with van der Waals surface area (Å²) in [6, 6.07) is 0. The Morgan fingerprint density at radius 3 is 1.40 bits per heavy atom. The summed E-state index contributed by atoms with van der Waals surface area (Å²) in [5.41, 5.74) is 0. The minimum Gasteiger partial charge on any atom is -0.582 e. The molecule has 0 amide bonds. The molecule has 1 nitrogen and oxygen atoms in total. The topological polar surface area (TPSA) is 23.1 Å². The molecule has 0 rings (SSSR count). The molecule has 5 heavy (non-hydrogen) atoms. The van der Waals surface area contributed by atoms with Crippen LogP contribution in [0.3, 0.4) is 0 Å². The van der Waals surface area contributed by atoms with E-state index in [9.17, 15) is 0 Å².